The van der Waals surface area contributed by atoms with Gasteiger partial charge in [-0.25, -0.2) is 4.98 Å². The van der Waals surface area contributed by atoms with Crippen molar-refractivity contribution in [2.24, 2.45) is 7.05 Å². The lowest BCUT2D eigenvalue weighted by Crippen LogP contribution is -2.32. The Morgan fingerprint density at radius 1 is 1.12 bits per heavy atom. The molecule has 132 valence electrons. The van der Waals surface area contributed by atoms with Crippen LogP contribution in [0, 0.1) is 0 Å². The first-order chi connectivity index (χ1) is 12.1. The van der Waals surface area contributed by atoms with Crippen molar-refractivity contribution in [1.29, 1.82) is 0 Å². The zero-order chi connectivity index (χ0) is 17.6. The molecule has 0 fully saturated rings. The third-order valence-corrected chi connectivity index (χ3v) is 4.24. The summed E-state index contributed by atoms with van der Waals surface area (Å²) >= 11 is 0. The summed E-state index contributed by atoms with van der Waals surface area (Å²) in [5, 5.41) is 10.2. The number of likely N-dealkylation sites (N-methyl/N-ethyl adjacent to an activating group) is 1. The second kappa shape index (κ2) is 8.25. The normalized spacial score (nSPS) is 12.8. The first-order valence-corrected chi connectivity index (χ1v) is 8.52. The number of imidazole rings is 1. The highest BCUT2D eigenvalue weighted by atomic mass is 16.5. The van der Waals surface area contributed by atoms with Gasteiger partial charge in [-0.3, -0.25) is 4.90 Å². The molecule has 0 spiro atoms. The number of aliphatic hydroxyl groups is 1. The number of aromatic nitrogens is 2. The van der Waals surface area contributed by atoms with Gasteiger partial charge in [0.25, 0.3) is 0 Å². The molecule has 1 N–H and O–H groups in total. The number of aryl methyl sites for hydroxylation is 1. The molecule has 0 bridgehead atoms. The second-order valence-corrected chi connectivity index (χ2v) is 6.43. The van der Waals surface area contributed by atoms with Crippen molar-refractivity contribution < 1.29 is 9.84 Å². The summed E-state index contributed by atoms with van der Waals surface area (Å²) in [6.45, 7) is 2.06. The van der Waals surface area contributed by atoms with Crippen LogP contribution in [0.3, 0.4) is 0 Å². The summed E-state index contributed by atoms with van der Waals surface area (Å²) in [6.07, 6.45) is -0.525. The van der Waals surface area contributed by atoms with Crippen molar-refractivity contribution in [1.82, 2.24) is 14.5 Å². The monoisotopic (exact) mass is 339 g/mol. The standard InChI is InChI=1S/C20H25N3O2/c1-22(12-17(24)15-25-14-16-8-4-3-5-9-16)13-20-21-18-10-6-7-11-19(18)23(20)2/h3-11,17,24H,12-15H2,1-2H3. The van der Waals surface area contributed by atoms with Gasteiger partial charge in [-0.15, -0.1) is 0 Å². The predicted octanol–water partition coefficient (Wildman–Crippen LogP) is 2.58. The Morgan fingerprint density at radius 3 is 2.60 bits per heavy atom. The Balaban J connectivity index is 1.48. The van der Waals surface area contributed by atoms with Crippen LogP contribution in [0.5, 0.6) is 0 Å². The molecule has 1 unspecified atom stereocenters. The van der Waals surface area contributed by atoms with E-state index < -0.39 is 6.10 Å². The van der Waals surface area contributed by atoms with Crippen molar-refractivity contribution in [2.45, 2.75) is 19.3 Å². The maximum atomic E-state index is 10.2. The molecule has 5 nitrogen and oxygen atoms in total. The lowest BCUT2D eigenvalue weighted by Gasteiger charge is -2.20. The van der Waals surface area contributed by atoms with Gasteiger partial charge < -0.3 is 14.4 Å². The van der Waals surface area contributed by atoms with Crippen molar-refractivity contribution in [2.75, 3.05) is 20.2 Å². The first-order valence-electron chi connectivity index (χ1n) is 8.52. The van der Waals surface area contributed by atoms with E-state index >= 15 is 0 Å². The Bertz CT molecular complexity index is 801. The van der Waals surface area contributed by atoms with E-state index in [9.17, 15) is 5.11 Å². The van der Waals surface area contributed by atoms with Crippen LogP contribution >= 0.6 is 0 Å². The minimum atomic E-state index is -0.525. The number of hydrogen-bond acceptors (Lipinski definition) is 4. The van der Waals surface area contributed by atoms with Gasteiger partial charge in [-0.05, 0) is 24.7 Å². The van der Waals surface area contributed by atoms with Crippen molar-refractivity contribution in [3.63, 3.8) is 0 Å². The molecule has 1 aromatic heterocycles. The van der Waals surface area contributed by atoms with Crippen molar-refractivity contribution >= 4 is 11.0 Å². The topological polar surface area (TPSA) is 50.5 Å². The lowest BCUT2D eigenvalue weighted by molar-refractivity contribution is 0.0123. The van der Waals surface area contributed by atoms with Crippen LogP contribution in [-0.4, -0.2) is 45.9 Å². The van der Waals surface area contributed by atoms with Crippen LogP contribution in [0.4, 0.5) is 0 Å². The van der Waals surface area contributed by atoms with E-state index in [-0.39, 0.29) is 0 Å². The van der Waals surface area contributed by atoms with E-state index in [1.807, 2.05) is 62.6 Å². The van der Waals surface area contributed by atoms with Gasteiger partial charge in [0.2, 0.25) is 0 Å². The van der Waals surface area contributed by atoms with Crippen molar-refractivity contribution in [3.05, 3.63) is 66.0 Å². The van der Waals surface area contributed by atoms with Gasteiger partial charge in [0.15, 0.2) is 0 Å². The molecule has 1 atom stereocenters. The van der Waals surface area contributed by atoms with E-state index in [2.05, 4.69) is 20.5 Å². The number of ether oxygens (including phenoxy) is 1. The Labute approximate surface area is 148 Å². The van der Waals surface area contributed by atoms with Crippen LogP contribution in [-0.2, 0) is 24.9 Å². The van der Waals surface area contributed by atoms with Gasteiger partial charge >= 0.3 is 0 Å². The number of fused-ring (bicyclic) bond motifs is 1. The van der Waals surface area contributed by atoms with E-state index in [1.165, 1.54) is 0 Å². The largest absolute Gasteiger partial charge is 0.389 e. The molecule has 0 aliphatic rings. The summed E-state index contributed by atoms with van der Waals surface area (Å²) in [4.78, 5) is 6.74. The molecule has 1 heterocycles. The number of benzene rings is 2. The quantitative estimate of drug-likeness (QED) is 0.685. The number of aliphatic hydroxyl groups excluding tert-OH is 1. The summed E-state index contributed by atoms with van der Waals surface area (Å²) < 4.78 is 7.71. The molecule has 5 heteroatoms. The number of nitrogens with zero attached hydrogens (tertiary/aromatic N) is 3. The van der Waals surface area contributed by atoms with Crippen molar-refractivity contribution in [3.8, 4) is 0 Å². The number of rotatable bonds is 8. The molecule has 3 rings (SSSR count). The average molecular weight is 339 g/mol. The van der Waals surface area contributed by atoms with E-state index in [0.717, 1.165) is 22.4 Å². The Morgan fingerprint density at radius 2 is 1.84 bits per heavy atom. The van der Waals surface area contributed by atoms with Crippen LogP contribution in [0.15, 0.2) is 54.6 Å². The SMILES string of the molecule is CN(Cc1nc2ccccc2n1C)CC(O)COCc1ccccc1. The van der Waals surface area contributed by atoms with E-state index in [4.69, 9.17) is 4.74 Å². The summed E-state index contributed by atoms with van der Waals surface area (Å²) in [7, 11) is 4.01. The average Bonchev–Trinajstić information content (AvgIpc) is 2.92. The molecule has 0 saturated heterocycles. The second-order valence-electron chi connectivity index (χ2n) is 6.43. The van der Waals surface area contributed by atoms with Gasteiger partial charge in [-0.2, -0.15) is 0 Å². The molecule has 0 aliphatic heterocycles. The lowest BCUT2D eigenvalue weighted by atomic mass is 10.2. The predicted molar refractivity (Wildman–Crippen MR) is 99.2 cm³/mol. The van der Waals surface area contributed by atoms with Crippen LogP contribution < -0.4 is 0 Å². The molecular formula is C20H25N3O2. The Hall–Kier alpha value is -2.21. The highest BCUT2D eigenvalue weighted by molar-refractivity contribution is 5.75. The smallest absolute Gasteiger partial charge is 0.123 e. The highest BCUT2D eigenvalue weighted by Gasteiger charge is 2.13. The van der Waals surface area contributed by atoms with Gasteiger partial charge in [-0.1, -0.05) is 42.5 Å². The molecule has 0 aliphatic carbocycles. The summed E-state index contributed by atoms with van der Waals surface area (Å²) in [5.74, 6) is 0.987. The summed E-state index contributed by atoms with van der Waals surface area (Å²) in [5.41, 5.74) is 3.24. The highest BCUT2D eigenvalue weighted by Crippen LogP contribution is 2.15. The molecule has 25 heavy (non-hydrogen) atoms. The summed E-state index contributed by atoms with van der Waals surface area (Å²) in [6, 6.07) is 18.1. The van der Waals surface area contributed by atoms with Gasteiger partial charge in [0.1, 0.15) is 5.82 Å². The van der Waals surface area contributed by atoms with Gasteiger partial charge in [0.05, 0.1) is 36.9 Å². The molecular weight excluding hydrogens is 314 g/mol. The number of para-hydroxylation sites is 2. The molecule has 0 amide bonds. The van der Waals surface area contributed by atoms with E-state index in [0.29, 0.717) is 26.3 Å². The maximum absolute atomic E-state index is 10.2. The van der Waals surface area contributed by atoms with Crippen LogP contribution in [0.2, 0.25) is 0 Å². The zero-order valence-electron chi connectivity index (χ0n) is 14.8. The molecule has 0 saturated carbocycles. The fourth-order valence-electron chi connectivity index (χ4n) is 2.94. The minimum Gasteiger partial charge on any atom is -0.389 e. The van der Waals surface area contributed by atoms with Gasteiger partial charge in [0, 0.05) is 13.6 Å². The molecule has 2 aromatic carbocycles. The number of hydrogen-bond donors (Lipinski definition) is 1. The first kappa shape index (κ1) is 17.6. The third kappa shape index (κ3) is 4.66. The maximum Gasteiger partial charge on any atom is 0.123 e. The fourth-order valence-corrected chi connectivity index (χ4v) is 2.94. The third-order valence-electron chi connectivity index (χ3n) is 4.24. The minimum absolute atomic E-state index is 0.321. The molecule has 3 aromatic rings. The zero-order valence-corrected chi connectivity index (χ0v) is 14.8. The fraction of sp³-hybridized carbons (Fsp3) is 0.350. The Kier molecular flexibility index (Phi) is 5.81. The van der Waals surface area contributed by atoms with Crippen LogP contribution in [0.25, 0.3) is 11.0 Å². The van der Waals surface area contributed by atoms with Crippen LogP contribution in [0.1, 0.15) is 11.4 Å². The molecule has 0 radical (unpaired) electrons. The van der Waals surface area contributed by atoms with E-state index in [1.54, 1.807) is 0 Å².